The van der Waals surface area contributed by atoms with Crippen LogP contribution in [0.5, 0.6) is 0 Å². The second kappa shape index (κ2) is 4.14. The molecule has 0 saturated heterocycles. The Hall–Kier alpha value is -0.170. The number of nitrogens with two attached hydrogens (primary N) is 1. The first kappa shape index (κ1) is 10.4. The van der Waals surface area contributed by atoms with Crippen LogP contribution in [0.3, 0.4) is 0 Å². The molecular weight excluding hydrogens is 218 g/mol. The summed E-state index contributed by atoms with van der Waals surface area (Å²) in [5.41, 5.74) is 7.39. The van der Waals surface area contributed by atoms with Gasteiger partial charge in [0, 0.05) is 5.75 Å². The largest absolute Gasteiger partial charge is 0.394 e. The molecule has 1 atom stereocenters. The van der Waals surface area contributed by atoms with Crippen molar-refractivity contribution in [3.05, 3.63) is 5.51 Å². The lowest BCUT2D eigenvalue weighted by Gasteiger charge is -2.25. The van der Waals surface area contributed by atoms with Crippen LogP contribution in [0.15, 0.2) is 9.85 Å². The molecule has 1 unspecified atom stereocenters. The summed E-state index contributed by atoms with van der Waals surface area (Å²) in [6.45, 7) is 0.0590. The predicted molar refractivity (Wildman–Crippen MR) is 57.4 cm³/mol. The van der Waals surface area contributed by atoms with Crippen LogP contribution in [0.25, 0.3) is 0 Å². The molecule has 0 bridgehead atoms. The minimum Gasteiger partial charge on any atom is -0.394 e. The highest BCUT2D eigenvalue weighted by molar-refractivity contribution is 8.01. The SMILES string of the molecule is NC(CO)(CSc1nncs1)C1CC1. The first-order valence-corrected chi connectivity index (χ1v) is 6.40. The van der Waals surface area contributed by atoms with Gasteiger partial charge < -0.3 is 10.8 Å². The number of hydrogen-bond acceptors (Lipinski definition) is 6. The van der Waals surface area contributed by atoms with Gasteiger partial charge in [-0.3, -0.25) is 0 Å². The number of thioether (sulfide) groups is 1. The van der Waals surface area contributed by atoms with Gasteiger partial charge in [-0.25, -0.2) is 0 Å². The third-order valence-electron chi connectivity index (χ3n) is 2.49. The standard InChI is InChI=1S/C8H13N3OS2/c9-8(3-12,6-1-2-6)4-13-7-11-10-5-14-7/h5-6,12H,1-4,9H2. The van der Waals surface area contributed by atoms with E-state index in [-0.39, 0.29) is 6.61 Å². The van der Waals surface area contributed by atoms with Crippen LogP contribution < -0.4 is 5.73 Å². The summed E-state index contributed by atoms with van der Waals surface area (Å²) in [6.07, 6.45) is 2.29. The molecule has 0 amide bonds. The fourth-order valence-electron chi connectivity index (χ4n) is 1.37. The molecule has 3 N–H and O–H groups in total. The Morgan fingerprint density at radius 1 is 1.71 bits per heavy atom. The van der Waals surface area contributed by atoms with E-state index in [1.54, 1.807) is 17.3 Å². The Morgan fingerprint density at radius 2 is 2.50 bits per heavy atom. The molecule has 4 nitrogen and oxygen atoms in total. The van der Waals surface area contributed by atoms with E-state index in [4.69, 9.17) is 5.73 Å². The maximum atomic E-state index is 9.25. The van der Waals surface area contributed by atoms with E-state index in [1.807, 2.05) is 0 Å². The lowest BCUT2D eigenvalue weighted by Crippen LogP contribution is -2.48. The Kier molecular flexibility index (Phi) is 3.06. The monoisotopic (exact) mass is 231 g/mol. The van der Waals surface area contributed by atoms with Crippen molar-refractivity contribution in [2.45, 2.75) is 22.7 Å². The molecule has 2 rings (SSSR count). The molecule has 1 saturated carbocycles. The number of nitrogens with zero attached hydrogens (tertiary/aromatic N) is 2. The Labute approximate surface area is 90.9 Å². The Balaban J connectivity index is 1.89. The molecule has 78 valence electrons. The van der Waals surface area contributed by atoms with Crippen LogP contribution in [-0.2, 0) is 0 Å². The van der Waals surface area contributed by atoms with E-state index in [2.05, 4.69) is 10.2 Å². The molecular formula is C8H13N3OS2. The van der Waals surface area contributed by atoms with Gasteiger partial charge in [0.1, 0.15) is 5.51 Å². The molecule has 0 aromatic carbocycles. The lowest BCUT2D eigenvalue weighted by atomic mass is 9.99. The number of aromatic nitrogens is 2. The van der Waals surface area contributed by atoms with Gasteiger partial charge in [-0.1, -0.05) is 23.1 Å². The zero-order chi connectivity index (χ0) is 10.0. The highest BCUT2D eigenvalue weighted by Crippen LogP contribution is 2.40. The first-order valence-electron chi connectivity index (χ1n) is 4.53. The van der Waals surface area contributed by atoms with Crippen molar-refractivity contribution >= 4 is 23.1 Å². The normalized spacial score (nSPS) is 20.7. The van der Waals surface area contributed by atoms with E-state index in [0.29, 0.717) is 5.92 Å². The van der Waals surface area contributed by atoms with Crippen molar-refractivity contribution in [2.24, 2.45) is 11.7 Å². The predicted octanol–water partition coefficient (Wildman–Crippen LogP) is 0.730. The summed E-state index contributed by atoms with van der Waals surface area (Å²) in [5, 5.41) is 16.9. The lowest BCUT2D eigenvalue weighted by molar-refractivity contribution is 0.194. The minimum atomic E-state index is -0.420. The second-order valence-corrected chi connectivity index (χ2v) is 5.71. The van der Waals surface area contributed by atoms with Gasteiger partial charge in [-0.15, -0.1) is 10.2 Å². The van der Waals surface area contributed by atoms with Crippen molar-refractivity contribution in [1.82, 2.24) is 10.2 Å². The second-order valence-electron chi connectivity index (χ2n) is 3.66. The summed E-state index contributed by atoms with van der Waals surface area (Å²) in [6, 6.07) is 0. The van der Waals surface area contributed by atoms with Gasteiger partial charge in [0.2, 0.25) is 0 Å². The number of hydrogen-bond donors (Lipinski definition) is 2. The molecule has 14 heavy (non-hydrogen) atoms. The third-order valence-corrected chi connectivity index (χ3v) is 4.62. The molecule has 1 fully saturated rings. The minimum absolute atomic E-state index is 0.0590. The highest BCUT2D eigenvalue weighted by atomic mass is 32.2. The van der Waals surface area contributed by atoms with E-state index < -0.39 is 5.54 Å². The van der Waals surface area contributed by atoms with Gasteiger partial charge in [0.15, 0.2) is 4.34 Å². The van der Waals surface area contributed by atoms with Gasteiger partial charge in [0.25, 0.3) is 0 Å². The maximum Gasteiger partial charge on any atom is 0.174 e. The van der Waals surface area contributed by atoms with Gasteiger partial charge in [0.05, 0.1) is 12.1 Å². The zero-order valence-corrected chi connectivity index (χ0v) is 9.35. The first-order chi connectivity index (χ1) is 6.74. The third kappa shape index (κ3) is 2.25. The molecule has 1 heterocycles. The van der Waals surface area contributed by atoms with Gasteiger partial charge in [-0.2, -0.15) is 0 Å². The maximum absolute atomic E-state index is 9.25. The number of rotatable bonds is 5. The van der Waals surface area contributed by atoms with Crippen LogP contribution in [0, 0.1) is 5.92 Å². The molecule has 0 radical (unpaired) electrons. The molecule has 1 aliphatic carbocycles. The average Bonchev–Trinajstić information content (AvgIpc) is 2.94. The number of aliphatic hydroxyl groups is 1. The fraction of sp³-hybridized carbons (Fsp3) is 0.750. The van der Waals surface area contributed by atoms with Crippen LogP contribution in [-0.4, -0.2) is 33.2 Å². The molecule has 0 spiro atoms. The van der Waals surface area contributed by atoms with Crippen molar-refractivity contribution in [3.63, 3.8) is 0 Å². The smallest absolute Gasteiger partial charge is 0.174 e. The number of aliphatic hydroxyl groups excluding tert-OH is 1. The van der Waals surface area contributed by atoms with Gasteiger partial charge >= 0.3 is 0 Å². The quantitative estimate of drug-likeness (QED) is 0.731. The highest BCUT2D eigenvalue weighted by Gasteiger charge is 2.41. The molecule has 6 heteroatoms. The van der Waals surface area contributed by atoms with Crippen LogP contribution in [0.2, 0.25) is 0 Å². The molecule has 0 aliphatic heterocycles. The van der Waals surface area contributed by atoms with Crippen molar-refractivity contribution in [2.75, 3.05) is 12.4 Å². The van der Waals surface area contributed by atoms with Crippen molar-refractivity contribution < 1.29 is 5.11 Å². The van der Waals surface area contributed by atoms with Crippen molar-refractivity contribution in [3.8, 4) is 0 Å². The summed E-state index contributed by atoms with van der Waals surface area (Å²) in [7, 11) is 0. The van der Waals surface area contributed by atoms with Crippen LogP contribution in [0.4, 0.5) is 0 Å². The van der Waals surface area contributed by atoms with E-state index in [1.165, 1.54) is 11.3 Å². The topological polar surface area (TPSA) is 72.0 Å². The Morgan fingerprint density at radius 3 is 3.00 bits per heavy atom. The average molecular weight is 231 g/mol. The van der Waals surface area contributed by atoms with Crippen LogP contribution in [0.1, 0.15) is 12.8 Å². The zero-order valence-electron chi connectivity index (χ0n) is 7.72. The van der Waals surface area contributed by atoms with Crippen molar-refractivity contribution in [1.29, 1.82) is 0 Å². The molecule has 1 aromatic rings. The molecule has 1 aliphatic rings. The summed E-state index contributed by atoms with van der Waals surface area (Å²) >= 11 is 3.10. The fourth-order valence-corrected chi connectivity index (χ4v) is 3.05. The van der Waals surface area contributed by atoms with Crippen LogP contribution >= 0.6 is 23.1 Å². The Bertz CT molecular complexity index is 289. The molecule has 1 aromatic heterocycles. The van der Waals surface area contributed by atoms with Gasteiger partial charge in [-0.05, 0) is 18.8 Å². The summed E-state index contributed by atoms with van der Waals surface area (Å²) in [5.74, 6) is 1.22. The van der Waals surface area contributed by atoms with E-state index >= 15 is 0 Å². The summed E-state index contributed by atoms with van der Waals surface area (Å²) in [4.78, 5) is 0. The van der Waals surface area contributed by atoms with E-state index in [0.717, 1.165) is 22.9 Å². The van der Waals surface area contributed by atoms with E-state index in [9.17, 15) is 5.11 Å². The summed E-state index contributed by atoms with van der Waals surface area (Å²) < 4.78 is 0.925.